The average molecular weight is 233 g/mol. The molecule has 2 heterocycles. The van der Waals surface area contributed by atoms with Gasteiger partial charge >= 0.3 is 0 Å². The molecule has 4 nitrogen and oxygen atoms in total. The minimum atomic E-state index is 0.183. The lowest BCUT2D eigenvalue weighted by molar-refractivity contribution is -0.130. The summed E-state index contributed by atoms with van der Waals surface area (Å²) < 4.78 is 0. The maximum atomic E-state index is 11.2. The number of amides is 1. The molecule has 1 aliphatic rings. The molecule has 0 bridgehead atoms. The fourth-order valence-electron chi connectivity index (χ4n) is 2.12. The summed E-state index contributed by atoms with van der Waals surface area (Å²) in [6.45, 7) is 8.28. The highest BCUT2D eigenvalue weighted by molar-refractivity contribution is 5.73. The van der Waals surface area contributed by atoms with Gasteiger partial charge in [0.25, 0.3) is 0 Å². The van der Waals surface area contributed by atoms with Crippen LogP contribution in [0.1, 0.15) is 18.1 Å². The molecule has 92 valence electrons. The Morgan fingerprint density at radius 2 is 2.06 bits per heavy atom. The first-order valence-corrected chi connectivity index (χ1v) is 6.04. The van der Waals surface area contributed by atoms with Crippen LogP contribution in [-0.4, -0.2) is 46.9 Å². The molecule has 0 saturated carbocycles. The monoisotopic (exact) mass is 233 g/mol. The topological polar surface area (TPSA) is 36.4 Å². The number of aromatic nitrogens is 1. The third-order valence-electron chi connectivity index (χ3n) is 3.36. The fraction of sp³-hybridized carbons (Fsp3) is 0.538. The van der Waals surface area contributed by atoms with E-state index in [9.17, 15) is 4.79 Å². The molecule has 2 rings (SSSR count). The summed E-state index contributed by atoms with van der Waals surface area (Å²) in [5, 5.41) is 0. The Morgan fingerprint density at radius 1 is 1.35 bits per heavy atom. The van der Waals surface area contributed by atoms with E-state index in [1.165, 1.54) is 11.1 Å². The first kappa shape index (κ1) is 12.0. The lowest BCUT2D eigenvalue weighted by Crippen LogP contribution is -2.47. The van der Waals surface area contributed by atoms with Crippen LogP contribution in [0.15, 0.2) is 18.5 Å². The maximum Gasteiger partial charge on any atom is 0.219 e. The lowest BCUT2D eigenvalue weighted by atomic mass is 10.1. The van der Waals surface area contributed by atoms with Crippen molar-refractivity contribution in [1.29, 1.82) is 0 Å². The molecule has 1 amide bonds. The summed E-state index contributed by atoms with van der Waals surface area (Å²) in [6, 6.07) is 2.04. The minimum absolute atomic E-state index is 0.183. The number of hydrogen-bond acceptors (Lipinski definition) is 3. The second-order valence-corrected chi connectivity index (χ2v) is 4.58. The lowest BCUT2D eigenvalue weighted by Gasteiger charge is -2.34. The van der Waals surface area contributed by atoms with Crippen LogP contribution in [0.5, 0.6) is 0 Å². The van der Waals surface area contributed by atoms with Crippen molar-refractivity contribution in [1.82, 2.24) is 14.8 Å². The molecule has 0 unspecified atom stereocenters. The third-order valence-corrected chi connectivity index (χ3v) is 3.36. The van der Waals surface area contributed by atoms with Gasteiger partial charge in [-0.1, -0.05) is 0 Å². The Kier molecular flexibility index (Phi) is 3.74. The molecule has 1 aromatic rings. The van der Waals surface area contributed by atoms with Crippen LogP contribution in [0.4, 0.5) is 0 Å². The van der Waals surface area contributed by atoms with Crippen LogP contribution in [0.3, 0.4) is 0 Å². The van der Waals surface area contributed by atoms with Crippen LogP contribution >= 0.6 is 0 Å². The largest absolute Gasteiger partial charge is 0.340 e. The van der Waals surface area contributed by atoms with Crippen molar-refractivity contribution < 1.29 is 4.79 Å². The van der Waals surface area contributed by atoms with Crippen molar-refractivity contribution in [3.63, 3.8) is 0 Å². The Balaban J connectivity index is 1.90. The zero-order valence-electron chi connectivity index (χ0n) is 10.5. The molecule has 1 fully saturated rings. The molecular formula is C13H19N3O. The number of rotatable bonds is 2. The number of carbonyl (C=O) groups excluding carboxylic acids is 1. The second kappa shape index (κ2) is 5.27. The minimum Gasteiger partial charge on any atom is -0.340 e. The second-order valence-electron chi connectivity index (χ2n) is 4.58. The van der Waals surface area contributed by atoms with Gasteiger partial charge < -0.3 is 4.90 Å². The summed E-state index contributed by atoms with van der Waals surface area (Å²) in [5.41, 5.74) is 2.57. The van der Waals surface area contributed by atoms with Crippen molar-refractivity contribution in [2.45, 2.75) is 20.4 Å². The van der Waals surface area contributed by atoms with E-state index in [0.29, 0.717) is 0 Å². The Morgan fingerprint density at radius 3 is 2.65 bits per heavy atom. The van der Waals surface area contributed by atoms with E-state index in [-0.39, 0.29) is 5.91 Å². The molecule has 4 heteroatoms. The highest BCUT2D eigenvalue weighted by Crippen LogP contribution is 2.11. The summed E-state index contributed by atoms with van der Waals surface area (Å²) in [6.07, 6.45) is 3.76. The zero-order valence-corrected chi connectivity index (χ0v) is 10.5. The van der Waals surface area contributed by atoms with Gasteiger partial charge in [-0.25, -0.2) is 0 Å². The molecule has 0 atom stereocenters. The summed E-state index contributed by atoms with van der Waals surface area (Å²) in [7, 11) is 0. The number of piperazine rings is 1. The van der Waals surface area contributed by atoms with E-state index in [2.05, 4.69) is 16.8 Å². The predicted octanol–water partition coefficient (Wildman–Crippen LogP) is 1.05. The molecule has 0 spiro atoms. The summed E-state index contributed by atoms with van der Waals surface area (Å²) in [4.78, 5) is 19.7. The van der Waals surface area contributed by atoms with E-state index in [4.69, 9.17) is 0 Å². The Bertz CT molecular complexity index is 397. The van der Waals surface area contributed by atoms with Gasteiger partial charge in [0.15, 0.2) is 0 Å². The van der Waals surface area contributed by atoms with Gasteiger partial charge in [0.1, 0.15) is 0 Å². The number of aryl methyl sites for hydroxylation is 1. The summed E-state index contributed by atoms with van der Waals surface area (Å²) in [5.74, 6) is 0.183. The van der Waals surface area contributed by atoms with Crippen LogP contribution in [0, 0.1) is 6.92 Å². The first-order valence-electron chi connectivity index (χ1n) is 6.04. The van der Waals surface area contributed by atoms with Crippen molar-refractivity contribution >= 4 is 5.91 Å². The standard InChI is InChI=1S/C13H19N3O/c1-11-3-4-14-9-13(11)10-15-5-7-16(8-6-15)12(2)17/h3-4,9H,5-8,10H2,1-2H3. The molecular weight excluding hydrogens is 214 g/mol. The Labute approximate surface area is 102 Å². The van der Waals surface area contributed by atoms with Gasteiger partial charge in [-0.15, -0.1) is 0 Å². The molecule has 1 aromatic heterocycles. The van der Waals surface area contributed by atoms with Crippen molar-refractivity contribution in [3.05, 3.63) is 29.6 Å². The molecule has 0 aromatic carbocycles. The number of carbonyl (C=O) groups is 1. The van der Waals surface area contributed by atoms with E-state index in [1.54, 1.807) is 6.92 Å². The van der Waals surface area contributed by atoms with Crippen LogP contribution < -0.4 is 0 Å². The smallest absolute Gasteiger partial charge is 0.219 e. The molecule has 0 radical (unpaired) electrons. The molecule has 0 aliphatic carbocycles. The van der Waals surface area contributed by atoms with Gasteiger partial charge in [0.2, 0.25) is 5.91 Å². The van der Waals surface area contributed by atoms with Crippen molar-refractivity contribution in [2.75, 3.05) is 26.2 Å². The van der Waals surface area contributed by atoms with Crippen LogP contribution in [0.25, 0.3) is 0 Å². The van der Waals surface area contributed by atoms with Crippen LogP contribution in [-0.2, 0) is 11.3 Å². The first-order chi connectivity index (χ1) is 8.16. The highest BCUT2D eigenvalue weighted by atomic mass is 16.2. The van der Waals surface area contributed by atoms with Crippen molar-refractivity contribution in [2.24, 2.45) is 0 Å². The quantitative estimate of drug-likeness (QED) is 0.766. The van der Waals surface area contributed by atoms with Crippen molar-refractivity contribution in [3.8, 4) is 0 Å². The average Bonchev–Trinajstić information content (AvgIpc) is 2.33. The third kappa shape index (κ3) is 3.03. The number of nitrogens with zero attached hydrogens (tertiary/aromatic N) is 3. The van der Waals surface area contributed by atoms with Gasteiger partial charge in [-0.3, -0.25) is 14.7 Å². The van der Waals surface area contributed by atoms with E-state index in [1.807, 2.05) is 23.4 Å². The van der Waals surface area contributed by atoms with E-state index in [0.717, 1.165) is 32.7 Å². The SMILES string of the molecule is CC(=O)N1CCN(Cc2cnccc2C)CC1. The zero-order chi connectivity index (χ0) is 12.3. The van der Waals surface area contributed by atoms with Gasteiger partial charge in [-0.05, 0) is 24.1 Å². The molecule has 1 saturated heterocycles. The van der Waals surface area contributed by atoms with Gasteiger partial charge in [-0.2, -0.15) is 0 Å². The van der Waals surface area contributed by atoms with Crippen LogP contribution in [0.2, 0.25) is 0 Å². The normalized spacial score (nSPS) is 17.2. The Hall–Kier alpha value is -1.42. The number of pyridine rings is 1. The highest BCUT2D eigenvalue weighted by Gasteiger charge is 2.18. The molecule has 0 N–H and O–H groups in total. The number of hydrogen-bond donors (Lipinski definition) is 0. The predicted molar refractivity (Wildman–Crippen MR) is 66.5 cm³/mol. The maximum absolute atomic E-state index is 11.2. The summed E-state index contributed by atoms with van der Waals surface area (Å²) >= 11 is 0. The van der Waals surface area contributed by atoms with Gasteiger partial charge in [0, 0.05) is 52.0 Å². The van der Waals surface area contributed by atoms with E-state index < -0.39 is 0 Å². The van der Waals surface area contributed by atoms with Gasteiger partial charge in [0.05, 0.1) is 0 Å². The fourth-order valence-corrected chi connectivity index (χ4v) is 2.12. The molecule has 1 aliphatic heterocycles. The van der Waals surface area contributed by atoms with E-state index >= 15 is 0 Å². The molecule has 17 heavy (non-hydrogen) atoms.